The van der Waals surface area contributed by atoms with Gasteiger partial charge in [0.05, 0.1) is 12.2 Å². The monoisotopic (exact) mass is 1110 g/mol. The minimum atomic E-state index is -0.298. The van der Waals surface area contributed by atoms with E-state index in [2.05, 4.69) is 285 Å². The first-order chi connectivity index (χ1) is 33.6. The third kappa shape index (κ3) is 11.4. The van der Waals surface area contributed by atoms with E-state index in [1.807, 2.05) is 0 Å². The van der Waals surface area contributed by atoms with Crippen LogP contribution >= 0.6 is 47.8 Å². The van der Waals surface area contributed by atoms with E-state index in [9.17, 15) is 0 Å². The molecular formula is C64H65Br3N2O. The number of nitrogens with zero attached hydrogens (tertiary/aromatic N) is 2. The van der Waals surface area contributed by atoms with Gasteiger partial charge < -0.3 is 9.30 Å². The van der Waals surface area contributed by atoms with Crippen molar-refractivity contribution in [3.8, 4) is 50.3 Å². The van der Waals surface area contributed by atoms with Gasteiger partial charge in [-0.15, -0.1) is 0 Å². The number of aromatic nitrogens is 1. The quantitative estimate of drug-likeness (QED) is 0.0835. The van der Waals surface area contributed by atoms with Crippen molar-refractivity contribution in [2.45, 2.75) is 105 Å². The maximum Gasteiger partial charge on any atom is 0.136 e. The summed E-state index contributed by atoms with van der Waals surface area (Å²) in [5.74, 6) is 1.54. The fourth-order valence-corrected chi connectivity index (χ4v) is 11.5. The zero-order valence-corrected chi connectivity index (χ0v) is 46.8. The van der Waals surface area contributed by atoms with Crippen molar-refractivity contribution in [3.05, 3.63) is 211 Å². The fourth-order valence-electron chi connectivity index (χ4n) is 10.1. The number of para-hydroxylation sites is 1. The summed E-state index contributed by atoms with van der Waals surface area (Å²) in [6.07, 6.45) is 1.30. The molecule has 2 unspecified atom stereocenters. The number of ether oxygens (including phenoxy) is 1. The van der Waals surface area contributed by atoms with E-state index in [0.717, 1.165) is 87.9 Å². The number of hydrogen-bond acceptors (Lipinski definition) is 2. The van der Waals surface area contributed by atoms with Crippen molar-refractivity contribution in [2.75, 3.05) is 0 Å². The smallest absolute Gasteiger partial charge is 0.136 e. The van der Waals surface area contributed by atoms with Crippen LogP contribution in [0.4, 0.5) is 5.69 Å². The number of halogens is 3. The van der Waals surface area contributed by atoms with Gasteiger partial charge in [-0.3, -0.25) is 4.99 Å². The zero-order chi connectivity index (χ0) is 49.7. The van der Waals surface area contributed by atoms with E-state index in [-0.39, 0.29) is 17.4 Å². The molecule has 7 aromatic carbocycles. The predicted octanol–water partition coefficient (Wildman–Crippen LogP) is 19.9. The Morgan fingerprint density at radius 1 is 0.543 bits per heavy atom. The lowest BCUT2D eigenvalue weighted by molar-refractivity contribution is 0.153. The highest BCUT2D eigenvalue weighted by Gasteiger charge is 2.34. The Morgan fingerprint density at radius 2 is 0.971 bits per heavy atom. The van der Waals surface area contributed by atoms with Gasteiger partial charge in [0.15, 0.2) is 0 Å². The molecule has 358 valence electrons. The van der Waals surface area contributed by atoms with Gasteiger partial charge in [-0.1, -0.05) is 207 Å². The van der Waals surface area contributed by atoms with Gasteiger partial charge in [0, 0.05) is 58.7 Å². The third-order valence-corrected chi connectivity index (χ3v) is 15.8. The summed E-state index contributed by atoms with van der Waals surface area (Å²) >= 11 is 11.9. The lowest BCUT2D eigenvalue weighted by Crippen LogP contribution is -2.33. The molecule has 0 aliphatic carbocycles. The molecule has 2 atom stereocenters. The Morgan fingerprint density at radius 3 is 1.41 bits per heavy atom. The van der Waals surface area contributed by atoms with E-state index in [1.165, 1.54) is 28.1 Å². The summed E-state index contributed by atoms with van der Waals surface area (Å²) in [5, 5.41) is 0. The summed E-state index contributed by atoms with van der Waals surface area (Å²) in [6.45, 7) is 21.3. The molecule has 0 aliphatic heterocycles. The Kier molecular flexibility index (Phi) is 16.4. The topological polar surface area (TPSA) is 26.5 Å². The third-order valence-electron chi connectivity index (χ3n) is 14.0. The maximum atomic E-state index is 8.16. The maximum absolute atomic E-state index is 8.16. The molecular weight excluding hydrogens is 1050 g/mol. The number of aliphatic imine (C=N–C) groups is 1. The summed E-state index contributed by atoms with van der Waals surface area (Å²) in [6, 6.07) is 61.2. The Balaban J connectivity index is 1.44. The molecule has 0 amide bonds. The largest absolute Gasteiger partial charge is 0.487 e. The first-order valence-corrected chi connectivity index (χ1v) is 27.0. The molecule has 0 aliphatic rings. The van der Waals surface area contributed by atoms with Crippen LogP contribution < -0.4 is 4.74 Å². The molecule has 70 heavy (non-hydrogen) atoms. The molecule has 0 bridgehead atoms. The molecule has 0 saturated carbocycles. The van der Waals surface area contributed by atoms with Crippen LogP contribution in [-0.4, -0.2) is 16.4 Å². The standard InChI is InChI=1S/C64H65Br3N2O/c1-41(2)55-26-19-27-56(42(3)4)62(55)68-45(7)50(39-64(8,9)51-24-17-12-18-25-51)38-54(40-69-43(5)28-29-44(69)6)70-63-59(48-30-34-52(65)35-31-48)57(46-20-13-10-14-21-46)61(67)58(47-22-15-11-16-23-47)60(63)49-32-36-53(66)37-33-49/h10-37,41-42,50,54H,38-40H2,1-9H3/b68-45+. The first-order valence-electron chi connectivity index (χ1n) is 24.7. The van der Waals surface area contributed by atoms with Gasteiger partial charge in [0.25, 0.3) is 0 Å². The van der Waals surface area contributed by atoms with Crippen LogP contribution in [0.1, 0.15) is 101 Å². The van der Waals surface area contributed by atoms with E-state index in [1.54, 1.807) is 0 Å². The van der Waals surface area contributed by atoms with Gasteiger partial charge in [-0.2, -0.15) is 0 Å². The first kappa shape index (κ1) is 51.1. The Labute approximate surface area is 442 Å². The SMILES string of the molecule is C/C(=N\c1c(C(C)C)cccc1C(C)C)C(CC(Cn1c(C)ccc1C)Oc1c(-c2ccc(Br)cc2)c(-c2ccccc2)c(Br)c(-c2ccccc2)c1-c1ccc(Br)cc1)CC(C)(C)c1ccccc1. The van der Waals surface area contributed by atoms with Crippen LogP contribution in [0.25, 0.3) is 44.5 Å². The van der Waals surface area contributed by atoms with Gasteiger partial charge in [-0.05, 0) is 142 Å². The summed E-state index contributed by atoms with van der Waals surface area (Å²) in [7, 11) is 0. The zero-order valence-electron chi connectivity index (χ0n) is 42.0. The molecule has 1 aromatic heterocycles. The summed E-state index contributed by atoms with van der Waals surface area (Å²) < 4.78 is 13.6. The van der Waals surface area contributed by atoms with Crippen molar-refractivity contribution in [2.24, 2.45) is 10.9 Å². The average Bonchev–Trinajstić information content (AvgIpc) is 3.67. The molecule has 0 fully saturated rings. The van der Waals surface area contributed by atoms with Gasteiger partial charge in [0.2, 0.25) is 0 Å². The lowest BCUT2D eigenvalue weighted by Gasteiger charge is -2.34. The fraction of sp³-hybridized carbons (Fsp3) is 0.266. The molecule has 0 N–H and O–H groups in total. The lowest BCUT2D eigenvalue weighted by atomic mass is 9.74. The van der Waals surface area contributed by atoms with Crippen LogP contribution in [0.2, 0.25) is 0 Å². The number of hydrogen-bond donors (Lipinski definition) is 0. The van der Waals surface area contributed by atoms with Gasteiger partial charge >= 0.3 is 0 Å². The molecule has 8 aromatic rings. The van der Waals surface area contributed by atoms with Gasteiger partial charge in [0.1, 0.15) is 11.9 Å². The molecule has 6 heteroatoms. The van der Waals surface area contributed by atoms with E-state index in [0.29, 0.717) is 18.4 Å². The van der Waals surface area contributed by atoms with E-state index < -0.39 is 0 Å². The van der Waals surface area contributed by atoms with Gasteiger partial charge in [-0.25, -0.2) is 0 Å². The average molecular weight is 1120 g/mol. The Bertz CT molecular complexity index is 2910. The highest BCUT2D eigenvalue weighted by atomic mass is 79.9. The van der Waals surface area contributed by atoms with E-state index >= 15 is 0 Å². The predicted molar refractivity (Wildman–Crippen MR) is 309 cm³/mol. The number of rotatable bonds is 17. The molecule has 3 nitrogen and oxygen atoms in total. The molecule has 1 heterocycles. The summed E-state index contributed by atoms with van der Waals surface area (Å²) in [5.41, 5.74) is 16.9. The van der Waals surface area contributed by atoms with Crippen molar-refractivity contribution in [1.29, 1.82) is 0 Å². The Hall–Kier alpha value is -5.27. The van der Waals surface area contributed by atoms with Crippen molar-refractivity contribution in [3.63, 3.8) is 0 Å². The van der Waals surface area contributed by atoms with Crippen LogP contribution in [0, 0.1) is 19.8 Å². The van der Waals surface area contributed by atoms with Crippen molar-refractivity contribution in [1.82, 2.24) is 4.57 Å². The molecule has 0 radical (unpaired) electrons. The normalized spacial score (nSPS) is 13.0. The number of benzene rings is 7. The van der Waals surface area contributed by atoms with Crippen LogP contribution in [-0.2, 0) is 12.0 Å². The van der Waals surface area contributed by atoms with Crippen molar-refractivity contribution >= 4 is 59.2 Å². The van der Waals surface area contributed by atoms with Crippen LogP contribution in [0.3, 0.4) is 0 Å². The second-order valence-corrected chi connectivity index (χ2v) is 22.7. The highest BCUT2D eigenvalue weighted by Crippen LogP contribution is 2.55. The molecule has 8 rings (SSSR count). The van der Waals surface area contributed by atoms with Crippen LogP contribution in [0.15, 0.2) is 188 Å². The minimum absolute atomic E-state index is 0.0431. The minimum Gasteiger partial charge on any atom is -0.487 e. The molecule has 0 saturated heterocycles. The molecule has 0 spiro atoms. The second kappa shape index (κ2) is 22.4. The van der Waals surface area contributed by atoms with E-state index in [4.69, 9.17) is 9.73 Å². The van der Waals surface area contributed by atoms with Crippen molar-refractivity contribution < 1.29 is 4.74 Å². The summed E-state index contributed by atoms with van der Waals surface area (Å²) in [4.78, 5) is 5.78. The van der Waals surface area contributed by atoms with Crippen LogP contribution in [0.5, 0.6) is 5.75 Å². The number of aryl methyl sites for hydroxylation is 2. The highest BCUT2D eigenvalue weighted by molar-refractivity contribution is 9.11. The second-order valence-electron chi connectivity index (χ2n) is 20.1.